The first kappa shape index (κ1) is 26.9. The number of carboxylic acids is 1. The Morgan fingerprint density at radius 2 is 1.85 bits per heavy atom. The number of hydrogen-bond acceptors (Lipinski definition) is 7. The molecule has 0 radical (unpaired) electrons. The molecule has 0 aliphatic rings. The number of fused-ring (bicyclic) bond motifs is 1. The van der Waals surface area contributed by atoms with E-state index in [0.717, 1.165) is 16.9 Å². The number of thiophene rings is 1. The number of benzene rings is 2. The van der Waals surface area contributed by atoms with Crippen molar-refractivity contribution in [1.82, 2.24) is 15.0 Å². The van der Waals surface area contributed by atoms with Crippen molar-refractivity contribution in [3.8, 4) is 27.4 Å². The van der Waals surface area contributed by atoms with Crippen molar-refractivity contribution in [2.45, 2.75) is 37.0 Å². The first-order chi connectivity index (χ1) is 18.6. The van der Waals surface area contributed by atoms with Gasteiger partial charge in [-0.1, -0.05) is 41.9 Å². The summed E-state index contributed by atoms with van der Waals surface area (Å²) in [6, 6.07) is 15.5. The number of sulfone groups is 1. The number of carboxylic acid groups (broad SMARTS) is 1. The Bertz CT molecular complexity index is 1810. The predicted octanol–water partition coefficient (Wildman–Crippen LogP) is 7.77. The highest BCUT2D eigenvalue weighted by molar-refractivity contribution is 7.92. The zero-order valence-electron chi connectivity index (χ0n) is 21.2. The Morgan fingerprint density at radius 1 is 1.13 bits per heavy atom. The van der Waals surface area contributed by atoms with E-state index in [1.54, 1.807) is 62.6 Å². The monoisotopic (exact) mass is 587 g/mol. The maximum atomic E-state index is 12.5. The summed E-state index contributed by atoms with van der Waals surface area (Å²) in [5, 5.41) is 9.87. The van der Waals surface area contributed by atoms with Gasteiger partial charge in [0.1, 0.15) is 17.4 Å². The number of hydrogen-bond donors (Lipinski definition) is 2. The van der Waals surface area contributed by atoms with Gasteiger partial charge in [0, 0.05) is 37.1 Å². The highest BCUT2D eigenvalue weighted by Gasteiger charge is 2.23. The van der Waals surface area contributed by atoms with Crippen molar-refractivity contribution in [2.75, 3.05) is 0 Å². The minimum atomic E-state index is -3.39. The van der Waals surface area contributed by atoms with Gasteiger partial charge in [-0.3, -0.25) is 0 Å². The second kappa shape index (κ2) is 10.4. The van der Waals surface area contributed by atoms with Gasteiger partial charge in [0.2, 0.25) is 0 Å². The molecule has 0 fully saturated rings. The van der Waals surface area contributed by atoms with E-state index in [0.29, 0.717) is 37.9 Å². The Kier molecular flexibility index (Phi) is 7.19. The quantitative estimate of drug-likeness (QED) is 0.190. The maximum Gasteiger partial charge on any atom is 0.349 e. The fraction of sp³-hybridized carbons (Fsp3) is 0.179. The Labute approximate surface area is 238 Å². The first-order valence-electron chi connectivity index (χ1n) is 12.0. The molecule has 39 heavy (non-hydrogen) atoms. The van der Waals surface area contributed by atoms with Crippen molar-refractivity contribution >= 4 is 49.9 Å². The summed E-state index contributed by atoms with van der Waals surface area (Å²) >= 11 is 7.39. The van der Waals surface area contributed by atoms with E-state index in [1.165, 1.54) is 0 Å². The van der Waals surface area contributed by atoms with Crippen LogP contribution in [-0.4, -0.2) is 39.7 Å². The molecule has 8 nitrogen and oxygen atoms in total. The van der Waals surface area contributed by atoms with Gasteiger partial charge in [-0.25, -0.2) is 23.2 Å². The van der Waals surface area contributed by atoms with Crippen molar-refractivity contribution in [3.05, 3.63) is 82.5 Å². The highest BCUT2D eigenvalue weighted by atomic mass is 35.5. The van der Waals surface area contributed by atoms with Crippen molar-refractivity contribution in [1.29, 1.82) is 0 Å². The maximum absolute atomic E-state index is 12.5. The lowest BCUT2D eigenvalue weighted by Crippen LogP contribution is -2.13. The number of ether oxygens (including phenoxy) is 1. The molecule has 0 aliphatic heterocycles. The molecule has 206 valence electrons. The van der Waals surface area contributed by atoms with E-state index >= 15 is 0 Å². The van der Waals surface area contributed by atoms with Gasteiger partial charge in [0.05, 0.1) is 22.0 Å². The number of H-pyrrole nitrogens is 1. The molecule has 0 saturated carbocycles. The number of rotatable bonds is 8. The third-order valence-corrected chi connectivity index (χ3v) is 9.94. The zero-order valence-corrected chi connectivity index (χ0v) is 23.6. The standard InChI is InChI=1S/C28H24ClN3O5S2.3H2/c1-15(2)39(35,36)18-10-8-17(9-11-18)22-14-31-27-25(32-22)20(13-30-27)24-12-23(26(38-24)28(33)34)37-16(3)19-6-4-5-7-21(19)29;;;/h4-16H,1-3H3,(H,30,31)(H,33,34);3*1H/t16-;;;/m1.../s1. The van der Waals surface area contributed by atoms with Gasteiger partial charge in [0.25, 0.3) is 0 Å². The summed E-state index contributed by atoms with van der Waals surface area (Å²) in [6.45, 7) is 5.10. The number of halogens is 1. The molecule has 0 amide bonds. The van der Waals surface area contributed by atoms with Crippen LogP contribution in [0.1, 0.15) is 46.4 Å². The Hall–Kier alpha value is -3.73. The first-order valence-corrected chi connectivity index (χ1v) is 14.8. The van der Waals surface area contributed by atoms with Crippen LogP contribution in [-0.2, 0) is 9.84 Å². The van der Waals surface area contributed by atoms with Crippen LogP contribution in [0.2, 0.25) is 5.02 Å². The largest absolute Gasteiger partial charge is 0.484 e. The SMILES string of the molecule is CC(C)S(=O)(=O)c1ccc(-c2cnc3[nH]cc(-c4cc(O[C@H](C)c5ccccc5Cl)c(C(=O)O)s4)c3n2)cc1.[HH].[HH].[HH]. The second-order valence-corrected chi connectivity index (χ2v) is 13.1. The van der Waals surface area contributed by atoms with Crippen LogP contribution in [0.5, 0.6) is 5.75 Å². The van der Waals surface area contributed by atoms with Gasteiger partial charge in [0.15, 0.2) is 20.4 Å². The van der Waals surface area contributed by atoms with E-state index in [9.17, 15) is 18.3 Å². The molecule has 0 aliphatic carbocycles. The molecule has 2 N–H and O–H groups in total. The molecule has 3 heterocycles. The third kappa shape index (κ3) is 5.15. The summed E-state index contributed by atoms with van der Waals surface area (Å²) in [6.07, 6.45) is 2.85. The van der Waals surface area contributed by atoms with Crippen LogP contribution in [0.3, 0.4) is 0 Å². The molecule has 11 heteroatoms. The molecule has 2 aromatic carbocycles. The second-order valence-electron chi connectivity index (χ2n) is 9.16. The van der Waals surface area contributed by atoms with E-state index in [4.69, 9.17) is 21.3 Å². The molecule has 3 aromatic heterocycles. The summed E-state index contributed by atoms with van der Waals surface area (Å²) in [5.41, 5.74) is 3.76. The van der Waals surface area contributed by atoms with Gasteiger partial charge >= 0.3 is 5.97 Å². The topological polar surface area (TPSA) is 122 Å². The van der Waals surface area contributed by atoms with Crippen molar-refractivity contribution in [3.63, 3.8) is 0 Å². The van der Waals surface area contributed by atoms with Gasteiger partial charge in [-0.2, -0.15) is 0 Å². The minimum Gasteiger partial charge on any atom is -0.484 e. The molecule has 0 bridgehead atoms. The smallest absolute Gasteiger partial charge is 0.349 e. The van der Waals surface area contributed by atoms with Gasteiger partial charge in [-0.15, -0.1) is 11.3 Å². The van der Waals surface area contributed by atoms with Crippen LogP contribution in [0.25, 0.3) is 32.9 Å². The van der Waals surface area contributed by atoms with Crippen LogP contribution in [0, 0.1) is 0 Å². The number of aromatic amines is 1. The number of carbonyl (C=O) groups is 1. The molecule has 5 rings (SSSR count). The van der Waals surface area contributed by atoms with Gasteiger partial charge in [-0.05, 0) is 45.0 Å². The van der Waals surface area contributed by atoms with Gasteiger partial charge < -0.3 is 14.8 Å². The average Bonchev–Trinajstić information content (AvgIpc) is 3.52. The van der Waals surface area contributed by atoms with Crippen molar-refractivity contribution in [2.24, 2.45) is 0 Å². The van der Waals surface area contributed by atoms with E-state index in [2.05, 4.69) is 9.97 Å². The summed E-state index contributed by atoms with van der Waals surface area (Å²) in [4.78, 5) is 25.3. The van der Waals surface area contributed by atoms with Crippen molar-refractivity contribution < 1.29 is 27.3 Å². The molecule has 0 unspecified atom stereocenters. The number of nitrogens with zero attached hydrogens (tertiary/aromatic N) is 2. The lowest BCUT2D eigenvalue weighted by Gasteiger charge is -2.15. The molecule has 0 spiro atoms. The number of aromatic carboxylic acids is 1. The van der Waals surface area contributed by atoms with Crippen LogP contribution in [0.4, 0.5) is 0 Å². The third-order valence-electron chi connectivity index (χ3n) is 6.28. The van der Waals surface area contributed by atoms with Crippen LogP contribution in [0.15, 0.2) is 71.9 Å². The minimum absolute atomic E-state index is 0. The lowest BCUT2D eigenvalue weighted by molar-refractivity contribution is 0.0695. The molecular formula is C28H30ClN3O5S2. The zero-order chi connectivity index (χ0) is 27.9. The molecule has 5 aromatic rings. The lowest BCUT2D eigenvalue weighted by atomic mass is 10.1. The normalized spacial score (nSPS) is 12.6. The fourth-order valence-electron chi connectivity index (χ4n) is 4.11. The molecular weight excluding hydrogens is 558 g/mol. The highest BCUT2D eigenvalue weighted by Crippen LogP contribution is 2.41. The molecule has 0 saturated heterocycles. The van der Waals surface area contributed by atoms with Crippen LogP contribution < -0.4 is 4.74 Å². The Balaban J connectivity index is 0.00000205. The summed E-state index contributed by atoms with van der Waals surface area (Å²) in [5.74, 6) is -0.869. The number of aromatic nitrogens is 3. The van der Waals surface area contributed by atoms with Crippen LogP contribution >= 0.6 is 22.9 Å². The number of nitrogens with one attached hydrogen (secondary N) is 1. The fourth-order valence-corrected chi connectivity index (χ4v) is 6.40. The predicted molar refractivity (Wildman–Crippen MR) is 159 cm³/mol. The summed E-state index contributed by atoms with van der Waals surface area (Å²) in [7, 11) is -3.39. The molecule has 1 atom stereocenters. The summed E-state index contributed by atoms with van der Waals surface area (Å²) < 4.78 is 31.0. The Morgan fingerprint density at radius 3 is 2.51 bits per heavy atom. The van der Waals surface area contributed by atoms with E-state index < -0.39 is 27.2 Å². The van der Waals surface area contributed by atoms with E-state index in [1.807, 2.05) is 25.1 Å². The van der Waals surface area contributed by atoms with E-state index in [-0.39, 0.29) is 19.8 Å². The average molecular weight is 588 g/mol.